The summed E-state index contributed by atoms with van der Waals surface area (Å²) < 4.78 is 0. The van der Waals surface area contributed by atoms with Gasteiger partial charge in [0.2, 0.25) is 5.91 Å². The lowest BCUT2D eigenvalue weighted by molar-refractivity contribution is -0.117. The van der Waals surface area contributed by atoms with Crippen molar-refractivity contribution in [3.63, 3.8) is 0 Å². The van der Waals surface area contributed by atoms with Gasteiger partial charge in [-0.15, -0.1) is 0 Å². The van der Waals surface area contributed by atoms with Crippen LogP contribution in [0.1, 0.15) is 17.3 Å². The zero-order chi connectivity index (χ0) is 15.9. The molecule has 0 atom stereocenters. The summed E-state index contributed by atoms with van der Waals surface area (Å²) in [4.78, 5) is 22.9. The van der Waals surface area contributed by atoms with Crippen LogP contribution < -0.4 is 16.0 Å². The summed E-state index contributed by atoms with van der Waals surface area (Å²) in [6.07, 6.45) is 0. The zero-order valence-electron chi connectivity index (χ0n) is 11.9. The molecule has 0 aliphatic carbocycles. The van der Waals surface area contributed by atoms with Crippen molar-refractivity contribution in [2.24, 2.45) is 0 Å². The van der Waals surface area contributed by atoms with Crippen molar-refractivity contribution in [3.8, 4) is 0 Å². The van der Waals surface area contributed by atoms with Crippen molar-refractivity contribution >= 4 is 40.5 Å². The molecular formula is C16H15N3O2S. The molecule has 0 aliphatic heterocycles. The van der Waals surface area contributed by atoms with E-state index in [0.29, 0.717) is 11.3 Å². The Balaban J connectivity index is 1.96. The second-order valence-corrected chi connectivity index (χ2v) is 4.94. The highest BCUT2D eigenvalue weighted by molar-refractivity contribution is 7.80. The van der Waals surface area contributed by atoms with Gasteiger partial charge in [-0.1, -0.05) is 18.2 Å². The maximum atomic E-state index is 12.0. The summed E-state index contributed by atoms with van der Waals surface area (Å²) in [6, 6.07) is 16.0. The lowest BCUT2D eigenvalue weighted by Gasteiger charge is -2.09. The third-order valence-corrected chi connectivity index (χ3v) is 2.93. The highest BCUT2D eigenvalue weighted by Crippen LogP contribution is 2.14. The predicted octanol–water partition coefficient (Wildman–Crippen LogP) is 2.77. The molecule has 2 rings (SSSR count). The molecule has 2 amide bonds. The molecule has 6 heteroatoms. The molecule has 112 valence electrons. The molecule has 0 saturated carbocycles. The minimum absolute atomic E-state index is 0.171. The molecule has 2 aromatic rings. The van der Waals surface area contributed by atoms with Crippen LogP contribution in [0.5, 0.6) is 0 Å². The maximum absolute atomic E-state index is 12.0. The van der Waals surface area contributed by atoms with Crippen LogP contribution in [-0.2, 0) is 4.79 Å². The van der Waals surface area contributed by atoms with Crippen molar-refractivity contribution in [2.45, 2.75) is 6.92 Å². The fraction of sp³-hybridized carbons (Fsp3) is 0.0625. The smallest absolute Gasteiger partial charge is 0.255 e. The number of rotatable bonds is 3. The van der Waals surface area contributed by atoms with Crippen LogP contribution in [-0.4, -0.2) is 16.9 Å². The van der Waals surface area contributed by atoms with Crippen molar-refractivity contribution in [2.75, 3.05) is 10.6 Å². The monoisotopic (exact) mass is 313 g/mol. The van der Waals surface area contributed by atoms with Gasteiger partial charge in [-0.05, 0) is 48.6 Å². The Morgan fingerprint density at radius 2 is 1.41 bits per heavy atom. The standard InChI is InChI=1S/C16H15N3O2S/c1-11(20)17-16(22)19-14-9-7-13(8-10-14)18-15(21)12-5-3-2-4-6-12/h2-10H,1H3,(H,18,21)(H2,17,19,20,22). The second kappa shape index (κ2) is 7.33. The first-order chi connectivity index (χ1) is 10.5. The van der Waals surface area contributed by atoms with Crippen molar-refractivity contribution < 1.29 is 9.59 Å². The molecule has 0 radical (unpaired) electrons. The third kappa shape index (κ3) is 4.68. The van der Waals surface area contributed by atoms with E-state index in [1.54, 1.807) is 36.4 Å². The van der Waals surface area contributed by atoms with Crippen molar-refractivity contribution in [1.82, 2.24) is 5.32 Å². The summed E-state index contributed by atoms with van der Waals surface area (Å²) >= 11 is 4.97. The van der Waals surface area contributed by atoms with Crippen molar-refractivity contribution in [3.05, 3.63) is 60.2 Å². The fourth-order valence-electron chi connectivity index (χ4n) is 1.75. The van der Waals surface area contributed by atoms with E-state index in [2.05, 4.69) is 16.0 Å². The molecule has 22 heavy (non-hydrogen) atoms. The third-order valence-electron chi connectivity index (χ3n) is 2.73. The second-order valence-electron chi connectivity index (χ2n) is 4.53. The summed E-state index contributed by atoms with van der Waals surface area (Å²) in [5.74, 6) is -0.403. The number of hydrogen-bond donors (Lipinski definition) is 3. The van der Waals surface area contributed by atoms with Gasteiger partial charge in [0.15, 0.2) is 5.11 Å². The Labute approximate surface area is 133 Å². The van der Waals surface area contributed by atoms with Crippen LogP contribution in [0, 0.1) is 0 Å². The van der Waals surface area contributed by atoms with Crippen LogP contribution >= 0.6 is 12.2 Å². The Bertz CT molecular complexity index is 684. The maximum Gasteiger partial charge on any atom is 0.255 e. The van der Waals surface area contributed by atoms with Crippen LogP contribution in [0.15, 0.2) is 54.6 Å². The first kappa shape index (κ1) is 15.7. The van der Waals surface area contributed by atoms with Gasteiger partial charge in [-0.25, -0.2) is 0 Å². The average molecular weight is 313 g/mol. The fourth-order valence-corrected chi connectivity index (χ4v) is 2.01. The molecule has 0 fully saturated rings. The topological polar surface area (TPSA) is 70.2 Å². The molecule has 0 aromatic heterocycles. The van der Waals surface area contributed by atoms with E-state index in [0.717, 1.165) is 5.69 Å². The molecule has 0 unspecified atom stereocenters. The number of carbonyl (C=O) groups excluding carboxylic acids is 2. The molecule has 0 saturated heterocycles. The number of benzene rings is 2. The van der Waals surface area contributed by atoms with Crippen LogP contribution in [0.3, 0.4) is 0 Å². The molecule has 2 aromatic carbocycles. The van der Waals surface area contributed by atoms with Gasteiger partial charge in [0, 0.05) is 23.9 Å². The van der Waals surface area contributed by atoms with E-state index in [1.807, 2.05) is 18.2 Å². The first-order valence-corrected chi connectivity index (χ1v) is 7.00. The van der Waals surface area contributed by atoms with Crippen molar-refractivity contribution in [1.29, 1.82) is 0 Å². The number of carbonyl (C=O) groups is 2. The van der Waals surface area contributed by atoms with E-state index in [-0.39, 0.29) is 16.9 Å². The summed E-state index contributed by atoms with van der Waals surface area (Å²) in [6.45, 7) is 1.39. The highest BCUT2D eigenvalue weighted by Gasteiger charge is 2.05. The lowest BCUT2D eigenvalue weighted by atomic mass is 10.2. The number of thiocarbonyl (C=S) groups is 1. The van der Waals surface area contributed by atoms with Gasteiger partial charge in [0.05, 0.1) is 0 Å². The van der Waals surface area contributed by atoms with E-state index in [1.165, 1.54) is 6.92 Å². The average Bonchev–Trinajstić information content (AvgIpc) is 2.49. The largest absolute Gasteiger partial charge is 0.332 e. The summed E-state index contributed by atoms with van der Waals surface area (Å²) in [5.41, 5.74) is 1.98. The number of hydrogen-bond acceptors (Lipinski definition) is 3. The van der Waals surface area contributed by atoms with E-state index in [4.69, 9.17) is 12.2 Å². The van der Waals surface area contributed by atoms with Gasteiger partial charge >= 0.3 is 0 Å². The Hall–Kier alpha value is -2.73. The molecule has 0 aliphatic rings. The van der Waals surface area contributed by atoms with Gasteiger partial charge in [0.25, 0.3) is 5.91 Å². The van der Waals surface area contributed by atoms with Crippen LogP contribution in [0.25, 0.3) is 0 Å². The van der Waals surface area contributed by atoms with Gasteiger partial charge < -0.3 is 16.0 Å². The molecular weight excluding hydrogens is 298 g/mol. The Morgan fingerprint density at radius 3 is 1.95 bits per heavy atom. The number of nitrogens with one attached hydrogen (secondary N) is 3. The Morgan fingerprint density at radius 1 is 0.864 bits per heavy atom. The zero-order valence-corrected chi connectivity index (χ0v) is 12.7. The molecule has 3 N–H and O–H groups in total. The Kier molecular flexibility index (Phi) is 5.21. The summed E-state index contributed by atoms with van der Waals surface area (Å²) in [5, 5.41) is 8.38. The highest BCUT2D eigenvalue weighted by atomic mass is 32.1. The molecule has 5 nitrogen and oxygen atoms in total. The minimum Gasteiger partial charge on any atom is -0.332 e. The lowest BCUT2D eigenvalue weighted by Crippen LogP contribution is -2.32. The van der Waals surface area contributed by atoms with Gasteiger partial charge in [-0.2, -0.15) is 0 Å². The first-order valence-electron chi connectivity index (χ1n) is 6.59. The number of amides is 2. The predicted molar refractivity (Wildman–Crippen MR) is 90.9 cm³/mol. The summed E-state index contributed by atoms with van der Waals surface area (Å²) in [7, 11) is 0. The SMILES string of the molecule is CC(=O)NC(=S)Nc1ccc(NC(=O)c2ccccc2)cc1. The van der Waals surface area contributed by atoms with E-state index in [9.17, 15) is 9.59 Å². The molecule has 0 spiro atoms. The normalized spacial score (nSPS) is 9.68. The molecule has 0 bridgehead atoms. The van der Waals surface area contributed by atoms with Crippen LogP contribution in [0.2, 0.25) is 0 Å². The van der Waals surface area contributed by atoms with Gasteiger partial charge in [0.1, 0.15) is 0 Å². The quantitative estimate of drug-likeness (QED) is 0.762. The van der Waals surface area contributed by atoms with Gasteiger partial charge in [-0.3, -0.25) is 9.59 Å². The van der Waals surface area contributed by atoms with Crippen LogP contribution in [0.4, 0.5) is 11.4 Å². The van der Waals surface area contributed by atoms with E-state index < -0.39 is 0 Å². The number of anilines is 2. The molecule has 0 heterocycles. The van der Waals surface area contributed by atoms with E-state index >= 15 is 0 Å². The minimum atomic E-state index is -0.232.